The van der Waals surface area contributed by atoms with Crippen molar-refractivity contribution in [1.29, 1.82) is 0 Å². The maximum absolute atomic E-state index is 10.2. The first-order valence-corrected chi connectivity index (χ1v) is 35.9. The number of hydrogen-bond donors (Lipinski definition) is 0. The fourth-order valence-electron chi connectivity index (χ4n) is 10.6. The first-order valence-electron chi connectivity index (χ1n) is 35.9. The van der Waals surface area contributed by atoms with Crippen LogP contribution in [0, 0.1) is 7.43 Å². The fraction of sp³-hybridized carbons (Fsp3) is 0.932. The molecule has 0 N–H and O–H groups in total. The number of carbonyl (C=O) groups excluding carboxylic acids is 4. The smallest absolute Gasteiger partial charge is 0.550 e. The van der Waals surface area contributed by atoms with Crippen LogP contribution in [0.4, 0.5) is 0 Å². The van der Waals surface area contributed by atoms with Gasteiger partial charge in [0.05, 0.1) is 0 Å². The molecule has 0 aliphatic heterocycles. The van der Waals surface area contributed by atoms with Gasteiger partial charge < -0.3 is 39.6 Å². The Bertz CT molecular complexity index is 983. The average molecular weight is 1150 g/mol. The third-order valence-electron chi connectivity index (χ3n) is 15.9. The van der Waals surface area contributed by atoms with Gasteiger partial charge in [0.15, 0.2) is 0 Å². The maximum atomic E-state index is 10.2. The molecule has 0 heterocycles. The Balaban J connectivity index is -0.000000316. The zero-order valence-electron chi connectivity index (χ0n) is 55.0. The molecule has 480 valence electrons. The van der Waals surface area contributed by atoms with Gasteiger partial charge in [0.2, 0.25) is 0 Å². The summed E-state index contributed by atoms with van der Waals surface area (Å²) in [5, 5.41) is 40.9. The molecule has 0 rings (SSSR count). The van der Waals surface area contributed by atoms with Crippen LogP contribution in [0.15, 0.2) is 0 Å². The molecule has 81 heavy (non-hydrogen) atoms. The predicted octanol–water partition coefficient (Wildman–Crippen LogP) is 20.1. The SMILES string of the molecule is CCCCCCCCCCCCCCCCCC(=O)[O-].CCCCCCCCCCCCCCCCCC(=O)[O-].CCCCCCCCCCCCCCCCCC(=O)[O-].CCCCCCCCCCCCCCCCCC(=O)[O-].[C+4]. The van der Waals surface area contributed by atoms with Crippen molar-refractivity contribution in [3.8, 4) is 0 Å². The van der Waals surface area contributed by atoms with Gasteiger partial charge in [-0.05, 0) is 51.4 Å². The van der Waals surface area contributed by atoms with E-state index in [1.165, 1.54) is 334 Å². The second-order valence-corrected chi connectivity index (χ2v) is 24.3. The van der Waals surface area contributed by atoms with Crippen LogP contribution in [0.1, 0.15) is 439 Å². The third-order valence-corrected chi connectivity index (χ3v) is 15.9. The van der Waals surface area contributed by atoms with Crippen LogP contribution < -0.4 is 20.4 Å². The molecule has 0 amide bonds. The molecular weight excluding hydrogens is 1000 g/mol. The minimum atomic E-state index is -0.903. The molecule has 0 spiro atoms. The molecule has 0 unspecified atom stereocenters. The molecular formula is C73H140O8. The molecule has 0 saturated heterocycles. The minimum Gasteiger partial charge on any atom is -0.550 e. The molecule has 0 aliphatic carbocycles. The van der Waals surface area contributed by atoms with Gasteiger partial charge in [-0.3, -0.25) is 0 Å². The van der Waals surface area contributed by atoms with Crippen molar-refractivity contribution in [3.63, 3.8) is 0 Å². The molecule has 0 atom stereocenters. The summed E-state index contributed by atoms with van der Waals surface area (Å²) in [6.07, 6.45) is 79.4. The molecule has 0 bridgehead atoms. The van der Waals surface area contributed by atoms with E-state index in [2.05, 4.69) is 27.7 Å². The summed E-state index contributed by atoms with van der Waals surface area (Å²) in [4.78, 5) is 40.9. The molecule has 8 heteroatoms. The van der Waals surface area contributed by atoms with E-state index in [9.17, 15) is 39.6 Å². The van der Waals surface area contributed by atoms with Crippen molar-refractivity contribution in [2.24, 2.45) is 0 Å². The number of unbranched alkanes of at least 4 members (excludes halogenated alkanes) is 56. The molecule has 8 nitrogen and oxygen atoms in total. The third kappa shape index (κ3) is 103. The zero-order valence-corrected chi connectivity index (χ0v) is 55.0. The van der Waals surface area contributed by atoms with Gasteiger partial charge in [0.25, 0.3) is 0 Å². The quantitative estimate of drug-likeness (QED) is 0.0544. The number of rotatable bonds is 64. The molecule has 0 aromatic carbocycles. The Labute approximate surface area is 507 Å². The Morgan fingerprint density at radius 1 is 0.160 bits per heavy atom. The second-order valence-electron chi connectivity index (χ2n) is 24.3. The van der Waals surface area contributed by atoms with Crippen molar-refractivity contribution in [3.05, 3.63) is 7.43 Å². The van der Waals surface area contributed by atoms with Crippen molar-refractivity contribution in [2.75, 3.05) is 0 Å². The van der Waals surface area contributed by atoms with Crippen LogP contribution >= 0.6 is 0 Å². The van der Waals surface area contributed by atoms with Crippen LogP contribution in [-0.4, -0.2) is 23.9 Å². The first kappa shape index (κ1) is 87.7. The Morgan fingerprint density at radius 2 is 0.235 bits per heavy atom. The van der Waals surface area contributed by atoms with Crippen LogP contribution in [0.3, 0.4) is 0 Å². The van der Waals surface area contributed by atoms with Crippen LogP contribution in [0.2, 0.25) is 0 Å². The van der Waals surface area contributed by atoms with Gasteiger partial charge in [0, 0.05) is 23.9 Å². The monoisotopic (exact) mass is 1150 g/mol. The van der Waals surface area contributed by atoms with E-state index in [0.29, 0.717) is 0 Å². The van der Waals surface area contributed by atoms with Crippen molar-refractivity contribution < 1.29 is 39.6 Å². The first-order chi connectivity index (χ1) is 39.1. The van der Waals surface area contributed by atoms with Gasteiger partial charge >= 0.3 is 7.43 Å². The van der Waals surface area contributed by atoms with Crippen molar-refractivity contribution in [1.82, 2.24) is 0 Å². The normalized spacial score (nSPS) is 10.7. The Hall–Kier alpha value is -2.12. The van der Waals surface area contributed by atoms with Gasteiger partial charge in [0.1, 0.15) is 0 Å². The summed E-state index contributed by atoms with van der Waals surface area (Å²) < 4.78 is 0. The van der Waals surface area contributed by atoms with Crippen molar-refractivity contribution >= 4 is 23.9 Å². The summed E-state index contributed by atoms with van der Waals surface area (Å²) in [7, 11) is 0. The summed E-state index contributed by atoms with van der Waals surface area (Å²) in [6, 6.07) is 0. The van der Waals surface area contributed by atoms with E-state index in [1.807, 2.05) is 0 Å². The molecule has 0 radical (unpaired) electrons. The van der Waals surface area contributed by atoms with Gasteiger partial charge in [-0.2, -0.15) is 0 Å². The van der Waals surface area contributed by atoms with Gasteiger partial charge in [-0.1, -0.05) is 387 Å². The van der Waals surface area contributed by atoms with E-state index in [0.717, 1.165) is 51.4 Å². The minimum absolute atomic E-state index is 0. The fourth-order valence-corrected chi connectivity index (χ4v) is 10.6. The number of hydrogen-bond acceptors (Lipinski definition) is 8. The summed E-state index contributed by atoms with van der Waals surface area (Å²) in [5.74, 6) is -3.61. The number of carbonyl (C=O) groups is 4. The molecule has 0 aliphatic rings. The maximum Gasteiger partial charge on any atom is 4.00 e. The van der Waals surface area contributed by atoms with Crippen LogP contribution in [0.5, 0.6) is 0 Å². The molecule has 0 fully saturated rings. The number of aliphatic carboxylic acids is 4. The topological polar surface area (TPSA) is 161 Å². The van der Waals surface area contributed by atoms with Crippen LogP contribution in [0.25, 0.3) is 0 Å². The van der Waals surface area contributed by atoms with Crippen LogP contribution in [-0.2, 0) is 19.2 Å². The van der Waals surface area contributed by atoms with E-state index in [4.69, 9.17) is 0 Å². The standard InChI is InChI=1S/4C18H36O2.C/c4*1-2-3-4-5-6-7-8-9-10-11-12-13-14-15-16-17-18(19)20;/h4*2-17H2,1H3,(H,19,20);/q;;;;+4/p-4. The largest absolute Gasteiger partial charge is 4.00 e. The second kappa shape index (κ2) is 84.3. The van der Waals surface area contributed by atoms with Gasteiger partial charge in [-0.25, -0.2) is 0 Å². The molecule has 0 aromatic rings. The summed E-state index contributed by atoms with van der Waals surface area (Å²) >= 11 is 0. The van der Waals surface area contributed by atoms with Gasteiger partial charge in [-0.15, -0.1) is 0 Å². The molecule has 0 saturated carbocycles. The zero-order chi connectivity index (χ0) is 59.6. The van der Waals surface area contributed by atoms with Crippen molar-refractivity contribution in [2.45, 2.75) is 439 Å². The van der Waals surface area contributed by atoms with E-state index in [-0.39, 0.29) is 33.1 Å². The molecule has 0 aromatic heterocycles. The average Bonchev–Trinajstić information content (AvgIpc) is 3.43. The number of carboxylic acids is 4. The Kier molecular flexibility index (Phi) is 91.3. The summed E-state index contributed by atoms with van der Waals surface area (Å²) in [6.45, 7) is 9.07. The van der Waals surface area contributed by atoms with E-state index in [1.54, 1.807) is 0 Å². The van der Waals surface area contributed by atoms with E-state index < -0.39 is 23.9 Å². The van der Waals surface area contributed by atoms with E-state index >= 15 is 0 Å². The summed E-state index contributed by atoms with van der Waals surface area (Å²) in [5.41, 5.74) is 0. The predicted molar refractivity (Wildman–Crippen MR) is 341 cm³/mol. The number of carboxylic acid groups (broad SMARTS) is 4. The Morgan fingerprint density at radius 3 is 0.309 bits per heavy atom.